The highest BCUT2D eigenvalue weighted by atomic mass is 32.2. The van der Waals surface area contributed by atoms with Crippen LogP contribution in [0.1, 0.15) is 30.9 Å². The van der Waals surface area contributed by atoms with Crippen LogP contribution in [0.15, 0.2) is 23.1 Å². The Kier molecular flexibility index (Phi) is 5.23. The summed E-state index contributed by atoms with van der Waals surface area (Å²) in [6.07, 6.45) is 1.30. The molecule has 0 radical (unpaired) electrons. The van der Waals surface area contributed by atoms with Gasteiger partial charge in [-0.25, -0.2) is 0 Å². The highest BCUT2D eigenvalue weighted by Crippen LogP contribution is 2.25. The van der Waals surface area contributed by atoms with E-state index in [0.717, 1.165) is 12.2 Å². The summed E-state index contributed by atoms with van der Waals surface area (Å²) in [6, 6.07) is 6.38. The molecular weight excluding hydrogens is 246 g/mol. The van der Waals surface area contributed by atoms with Gasteiger partial charge >= 0.3 is 5.97 Å². The molecule has 3 nitrogen and oxygen atoms in total. The summed E-state index contributed by atoms with van der Waals surface area (Å²) in [4.78, 5) is 12.1. The second-order valence-corrected chi connectivity index (χ2v) is 6.08. The average Bonchev–Trinajstić information content (AvgIpc) is 2.28. The van der Waals surface area contributed by atoms with Gasteiger partial charge in [0.05, 0.1) is 0 Å². The molecule has 0 saturated carbocycles. The summed E-state index contributed by atoms with van der Waals surface area (Å²) in [6.45, 7) is 5.73. The molecule has 0 bridgehead atoms. The number of aryl methyl sites for hydroxylation is 2. The second-order valence-electron chi connectivity index (χ2n) is 4.94. The molecular formula is C14H21NO2S. The van der Waals surface area contributed by atoms with Crippen molar-refractivity contribution in [2.24, 2.45) is 5.73 Å². The fourth-order valence-electron chi connectivity index (χ4n) is 1.59. The van der Waals surface area contributed by atoms with E-state index < -0.39 is 11.5 Å². The van der Waals surface area contributed by atoms with E-state index in [2.05, 4.69) is 32.0 Å². The summed E-state index contributed by atoms with van der Waals surface area (Å²) >= 11 is 1.77. The quantitative estimate of drug-likeness (QED) is 0.614. The first-order valence-electron chi connectivity index (χ1n) is 6.05. The molecule has 100 valence electrons. The molecule has 0 aliphatic rings. The Morgan fingerprint density at radius 3 is 2.72 bits per heavy atom. The Morgan fingerprint density at radius 2 is 2.11 bits per heavy atom. The number of thioether (sulfide) groups is 1. The number of hydrogen-bond donors (Lipinski definition) is 2. The fraction of sp³-hybridized carbons (Fsp3) is 0.500. The Balaban J connectivity index is 2.43. The molecule has 0 aliphatic carbocycles. The molecule has 0 spiro atoms. The van der Waals surface area contributed by atoms with Gasteiger partial charge in [0, 0.05) is 4.90 Å². The molecule has 0 heterocycles. The summed E-state index contributed by atoms with van der Waals surface area (Å²) in [5.41, 5.74) is 7.09. The van der Waals surface area contributed by atoms with Crippen molar-refractivity contribution in [2.45, 2.75) is 44.0 Å². The molecule has 0 saturated heterocycles. The molecule has 1 unspecified atom stereocenters. The van der Waals surface area contributed by atoms with Crippen LogP contribution in [0, 0.1) is 13.8 Å². The molecule has 1 aromatic carbocycles. The SMILES string of the molecule is Cc1ccc(C)c(SCCCC(C)(N)C(=O)O)c1. The van der Waals surface area contributed by atoms with Gasteiger partial charge in [-0.05, 0) is 51.0 Å². The van der Waals surface area contributed by atoms with Crippen molar-refractivity contribution in [3.63, 3.8) is 0 Å². The number of hydrogen-bond acceptors (Lipinski definition) is 3. The standard InChI is InChI=1S/C14H21NO2S/c1-10-5-6-11(2)12(9-10)18-8-4-7-14(3,15)13(16)17/h5-6,9H,4,7-8,15H2,1-3H3,(H,16,17). The van der Waals surface area contributed by atoms with Gasteiger partial charge in [0.25, 0.3) is 0 Å². The maximum Gasteiger partial charge on any atom is 0.323 e. The van der Waals surface area contributed by atoms with Gasteiger partial charge in [0.2, 0.25) is 0 Å². The molecule has 0 aliphatic heterocycles. The third kappa shape index (κ3) is 4.35. The van der Waals surface area contributed by atoms with Crippen LogP contribution in [0.25, 0.3) is 0 Å². The zero-order valence-electron chi connectivity index (χ0n) is 11.2. The number of aliphatic carboxylic acids is 1. The van der Waals surface area contributed by atoms with Crippen LogP contribution in [-0.2, 0) is 4.79 Å². The number of rotatable bonds is 6. The first-order chi connectivity index (χ1) is 8.33. The normalized spacial score (nSPS) is 14.2. The molecule has 1 rings (SSSR count). The van der Waals surface area contributed by atoms with Crippen LogP contribution in [0.5, 0.6) is 0 Å². The van der Waals surface area contributed by atoms with E-state index >= 15 is 0 Å². The lowest BCUT2D eigenvalue weighted by Gasteiger charge is -2.18. The molecule has 1 atom stereocenters. The average molecular weight is 267 g/mol. The molecule has 3 N–H and O–H groups in total. The number of nitrogens with two attached hydrogens (primary N) is 1. The van der Waals surface area contributed by atoms with E-state index in [9.17, 15) is 4.79 Å². The molecule has 1 aromatic rings. The van der Waals surface area contributed by atoms with Crippen LogP contribution in [-0.4, -0.2) is 22.4 Å². The van der Waals surface area contributed by atoms with Crippen molar-refractivity contribution in [1.29, 1.82) is 0 Å². The van der Waals surface area contributed by atoms with Gasteiger partial charge in [0.15, 0.2) is 0 Å². The zero-order valence-corrected chi connectivity index (χ0v) is 12.0. The topological polar surface area (TPSA) is 63.3 Å². The van der Waals surface area contributed by atoms with Crippen molar-refractivity contribution < 1.29 is 9.90 Å². The van der Waals surface area contributed by atoms with Gasteiger partial charge in [0.1, 0.15) is 5.54 Å². The largest absolute Gasteiger partial charge is 0.480 e. The Labute approximate surface area is 113 Å². The monoisotopic (exact) mass is 267 g/mol. The Hall–Kier alpha value is -1.00. The lowest BCUT2D eigenvalue weighted by atomic mass is 9.98. The lowest BCUT2D eigenvalue weighted by Crippen LogP contribution is -2.44. The zero-order chi connectivity index (χ0) is 13.8. The summed E-state index contributed by atoms with van der Waals surface area (Å²) in [7, 11) is 0. The van der Waals surface area contributed by atoms with Gasteiger partial charge in [-0.15, -0.1) is 11.8 Å². The molecule has 4 heteroatoms. The van der Waals surface area contributed by atoms with E-state index in [0.29, 0.717) is 6.42 Å². The Bertz CT molecular complexity index is 430. The van der Waals surface area contributed by atoms with Crippen molar-refractivity contribution in [2.75, 3.05) is 5.75 Å². The van der Waals surface area contributed by atoms with E-state index in [1.54, 1.807) is 18.7 Å². The van der Waals surface area contributed by atoms with Gasteiger partial charge in [-0.2, -0.15) is 0 Å². The number of benzene rings is 1. The second kappa shape index (κ2) is 6.25. The van der Waals surface area contributed by atoms with Crippen LogP contribution in [0.3, 0.4) is 0 Å². The lowest BCUT2D eigenvalue weighted by molar-refractivity contribution is -0.142. The van der Waals surface area contributed by atoms with Gasteiger partial charge < -0.3 is 10.8 Å². The van der Waals surface area contributed by atoms with Crippen molar-refractivity contribution in [1.82, 2.24) is 0 Å². The highest BCUT2D eigenvalue weighted by Gasteiger charge is 2.26. The number of carboxylic acids is 1. The molecule has 0 amide bonds. The van der Waals surface area contributed by atoms with Crippen molar-refractivity contribution in [3.05, 3.63) is 29.3 Å². The summed E-state index contributed by atoms with van der Waals surface area (Å²) in [5, 5.41) is 8.91. The predicted octanol–water partition coefficient (Wildman–Crippen LogP) is 2.98. The van der Waals surface area contributed by atoms with E-state index in [4.69, 9.17) is 10.8 Å². The van der Waals surface area contributed by atoms with E-state index in [1.807, 2.05) is 0 Å². The third-order valence-electron chi connectivity index (χ3n) is 2.93. The first kappa shape index (κ1) is 15.1. The van der Waals surface area contributed by atoms with Gasteiger partial charge in [-0.3, -0.25) is 4.79 Å². The molecule has 18 heavy (non-hydrogen) atoms. The maximum atomic E-state index is 10.9. The highest BCUT2D eigenvalue weighted by molar-refractivity contribution is 7.99. The smallest absolute Gasteiger partial charge is 0.323 e. The van der Waals surface area contributed by atoms with E-state index in [1.165, 1.54) is 16.0 Å². The van der Waals surface area contributed by atoms with Crippen LogP contribution >= 0.6 is 11.8 Å². The minimum Gasteiger partial charge on any atom is -0.480 e. The van der Waals surface area contributed by atoms with E-state index in [-0.39, 0.29) is 0 Å². The van der Waals surface area contributed by atoms with Crippen LogP contribution in [0.2, 0.25) is 0 Å². The minimum absolute atomic E-state index is 0.500. The first-order valence-corrected chi connectivity index (χ1v) is 7.04. The minimum atomic E-state index is -1.11. The van der Waals surface area contributed by atoms with Crippen LogP contribution in [0.4, 0.5) is 0 Å². The third-order valence-corrected chi connectivity index (χ3v) is 4.17. The predicted molar refractivity (Wildman–Crippen MR) is 76.1 cm³/mol. The molecule has 0 fully saturated rings. The number of carbonyl (C=O) groups is 1. The molecule has 0 aromatic heterocycles. The number of carboxylic acid groups (broad SMARTS) is 1. The van der Waals surface area contributed by atoms with Crippen LogP contribution < -0.4 is 5.73 Å². The summed E-state index contributed by atoms with van der Waals surface area (Å²) < 4.78 is 0. The fourth-order valence-corrected chi connectivity index (χ4v) is 2.66. The maximum absolute atomic E-state index is 10.9. The summed E-state index contributed by atoms with van der Waals surface area (Å²) in [5.74, 6) is -0.0380. The van der Waals surface area contributed by atoms with Crippen molar-refractivity contribution >= 4 is 17.7 Å². The van der Waals surface area contributed by atoms with Crippen molar-refractivity contribution in [3.8, 4) is 0 Å². The Morgan fingerprint density at radius 1 is 1.44 bits per heavy atom. The van der Waals surface area contributed by atoms with Gasteiger partial charge in [-0.1, -0.05) is 17.7 Å².